The molecule has 4 heterocycles. The fourth-order valence-electron chi connectivity index (χ4n) is 4.92. The first kappa shape index (κ1) is 24.2. The van der Waals surface area contributed by atoms with Gasteiger partial charge in [0.25, 0.3) is 11.5 Å². The summed E-state index contributed by atoms with van der Waals surface area (Å²) in [5.74, 6) is 0.735. The van der Waals surface area contributed by atoms with Gasteiger partial charge in [0, 0.05) is 46.1 Å². The zero-order valence-electron chi connectivity index (χ0n) is 20.4. The maximum absolute atomic E-state index is 13.3. The number of methoxy groups -OCH3 is 1. The third-order valence-electron chi connectivity index (χ3n) is 7.08. The lowest BCUT2D eigenvalue weighted by molar-refractivity contribution is 0.00732. The number of hydrogen-bond donors (Lipinski definition) is 3. The molecule has 0 bridgehead atoms. The highest BCUT2D eigenvalue weighted by Gasteiger charge is 2.33. The van der Waals surface area contributed by atoms with Crippen LogP contribution in [0.5, 0.6) is 0 Å². The Morgan fingerprint density at radius 2 is 2.17 bits per heavy atom. The Labute approximate surface area is 207 Å². The minimum Gasteiger partial charge on any atom is -0.379 e. The molecule has 192 valence electrons. The molecule has 5 rings (SSSR count). The molecule has 36 heavy (non-hydrogen) atoms. The van der Waals surface area contributed by atoms with Gasteiger partial charge in [0.15, 0.2) is 5.65 Å². The lowest BCUT2D eigenvalue weighted by Gasteiger charge is -2.35. The van der Waals surface area contributed by atoms with Crippen LogP contribution in [0.4, 0.5) is 21.7 Å². The van der Waals surface area contributed by atoms with Gasteiger partial charge in [0.05, 0.1) is 24.4 Å². The molecule has 3 atom stereocenters. The number of amides is 1. The summed E-state index contributed by atoms with van der Waals surface area (Å²) < 4.78 is 21.4. The summed E-state index contributed by atoms with van der Waals surface area (Å²) in [6.45, 7) is 1.39. The summed E-state index contributed by atoms with van der Waals surface area (Å²) in [6.07, 6.45) is 5.82. The molecule has 2 fully saturated rings. The van der Waals surface area contributed by atoms with Gasteiger partial charge in [-0.15, -0.1) is 0 Å². The van der Waals surface area contributed by atoms with E-state index in [1.54, 1.807) is 41.6 Å². The molecule has 1 saturated heterocycles. The van der Waals surface area contributed by atoms with E-state index in [1.165, 1.54) is 6.20 Å². The lowest BCUT2D eigenvalue weighted by atomic mass is 9.89. The van der Waals surface area contributed by atoms with E-state index in [-0.39, 0.29) is 29.7 Å². The van der Waals surface area contributed by atoms with E-state index in [4.69, 9.17) is 4.74 Å². The summed E-state index contributed by atoms with van der Waals surface area (Å²) in [6, 6.07) is 5.18. The van der Waals surface area contributed by atoms with Crippen LogP contribution >= 0.6 is 0 Å². The predicted molar refractivity (Wildman–Crippen MR) is 134 cm³/mol. The van der Waals surface area contributed by atoms with Crippen molar-refractivity contribution in [3.63, 3.8) is 0 Å². The van der Waals surface area contributed by atoms with Crippen molar-refractivity contribution >= 4 is 28.9 Å². The first-order chi connectivity index (χ1) is 17.5. The molecule has 0 unspecified atom stereocenters. The van der Waals surface area contributed by atoms with Gasteiger partial charge in [-0.25, -0.2) is 9.37 Å². The molecule has 1 aliphatic carbocycles. The van der Waals surface area contributed by atoms with E-state index in [9.17, 15) is 14.0 Å². The minimum atomic E-state index is -0.395. The third kappa shape index (κ3) is 4.53. The van der Waals surface area contributed by atoms with Crippen molar-refractivity contribution in [3.8, 4) is 0 Å². The number of aromatic nitrogens is 4. The second-order valence-electron chi connectivity index (χ2n) is 9.19. The molecule has 1 saturated carbocycles. The largest absolute Gasteiger partial charge is 0.379 e. The van der Waals surface area contributed by atoms with Crippen molar-refractivity contribution in [1.29, 1.82) is 0 Å². The smallest absolute Gasteiger partial charge is 0.274 e. The SMILES string of the molecule is CNc1cc(Nc2cccn([C@H]3CCN(CCF)C3)c2=O)nc2c(C(=O)N[C@H]3CC[C@@H]3OC)cnn12. The number of hydrogen-bond acceptors (Lipinski definition) is 8. The summed E-state index contributed by atoms with van der Waals surface area (Å²) in [7, 11) is 3.39. The van der Waals surface area contributed by atoms with Crippen molar-refractivity contribution in [2.45, 2.75) is 37.5 Å². The Hall–Kier alpha value is -3.51. The second-order valence-corrected chi connectivity index (χ2v) is 9.19. The van der Waals surface area contributed by atoms with E-state index in [1.807, 2.05) is 11.0 Å². The average Bonchev–Trinajstić information content (AvgIpc) is 3.50. The van der Waals surface area contributed by atoms with Crippen molar-refractivity contribution in [1.82, 2.24) is 29.4 Å². The molecule has 3 aromatic heterocycles. The Kier molecular flexibility index (Phi) is 6.88. The number of alkyl halides is 1. The molecule has 1 aliphatic heterocycles. The van der Waals surface area contributed by atoms with Gasteiger partial charge >= 0.3 is 0 Å². The van der Waals surface area contributed by atoms with Crippen molar-refractivity contribution < 1.29 is 13.9 Å². The summed E-state index contributed by atoms with van der Waals surface area (Å²) in [5.41, 5.74) is 0.882. The number of pyridine rings is 1. The van der Waals surface area contributed by atoms with Gasteiger partial charge in [-0.05, 0) is 31.4 Å². The Morgan fingerprint density at radius 3 is 2.89 bits per heavy atom. The number of rotatable bonds is 9. The first-order valence-corrected chi connectivity index (χ1v) is 12.2. The van der Waals surface area contributed by atoms with Crippen LogP contribution < -0.4 is 21.5 Å². The van der Waals surface area contributed by atoms with Crippen molar-refractivity contribution in [2.75, 3.05) is 51.1 Å². The number of nitrogens with zero attached hydrogens (tertiary/aromatic N) is 5. The number of halogens is 1. The second kappa shape index (κ2) is 10.2. The van der Waals surface area contributed by atoms with Crippen LogP contribution in [0.15, 0.2) is 35.4 Å². The molecule has 1 amide bonds. The molecule has 2 aliphatic rings. The highest BCUT2D eigenvalue weighted by atomic mass is 19.1. The molecule has 0 aromatic carbocycles. The third-order valence-corrected chi connectivity index (χ3v) is 7.08. The van der Waals surface area contributed by atoms with Crippen LogP contribution in [-0.4, -0.2) is 82.6 Å². The van der Waals surface area contributed by atoms with Gasteiger partial charge in [-0.1, -0.05) is 0 Å². The first-order valence-electron chi connectivity index (χ1n) is 12.2. The van der Waals surface area contributed by atoms with E-state index in [0.717, 1.165) is 25.8 Å². The van der Waals surface area contributed by atoms with Crippen molar-refractivity contribution in [2.24, 2.45) is 0 Å². The maximum atomic E-state index is 13.3. The summed E-state index contributed by atoms with van der Waals surface area (Å²) in [5, 5.41) is 13.5. The van der Waals surface area contributed by atoms with Crippen LogP contribution in [0.25, 0.3) is 5.65 Å². The van der Waals surface area contributed by atoms with Crippen LogP contribution in [0, 0.1) is 0 Å². The summed E-state index contributed by atoms with van der Waals surface area (Å²) in [4.78, 5) is 32.9. The number of likely N-dealkylation sites (tertiary alicyclic amines) is 1. The van der Waals surface area contributed by atoms with Gasteiger partial charge in [-0.2, -0.15) is 9.61 Å². The molecular formula is C24H31FN8O3. The highest BCUT2D eigenvalue weighted by molar-refractivity contribution is 6.00. The fourth-order valence-corrected chi connectivity index (χ4v) is 4.92. The monoisotopic (exact) mass is 498 g/mol. The van der Waals surface area contributed by atoms with Crippen molar-refractivity contribution in [3.05, 3.63) is 46.5 Å². The number of carbonyl (C=O) groups excluding carboxylic acids is 1. The normalized spacial score (nSPS) is 21.9. The number of anilines is 3. The Morgan fingerprint density at radius 1 is 1.31 bits per heavy atom. The summed E-state index contributed by atoms with van der Waals surface area (Å²) >= 11 is 0. The molecule has 12 heteroatoms. The van der Waals surface area contributed by atoms with E-state index in [2.05, 4.69) is 26.0 Å². The van der Waals surface area contributed by atoms with Crippen LogP contribution in [0.1, 0.15) is 35.7 Å². The van der Waals surface area contributed by atoms with Gasteiger partial charge in [-0.3, -0.25) is 14.5 Å². The number of fused-ring (bicyclic) bond motifs is 1. The number of carbonyl (C=O) groups is 1. The van der Waals surface area contributed by atoms with Crippen LogP contribution in [0.3, 0.4) is 0 Å². The number of ether oxygens (including phenoxy) is 1. The van der Waals surface area contributed by atoms with E-state index >= 15 is 0 Å². The molecule has 3 aromatic rings. The lowest BCUT2D eigenvalue weighted by Crippen LogP contribution is -2.51. The maximum Gasteiger partial charge on any atom is 0.274 e. The topological polar surface area (TPSA) is 118 Å². The zero-order valence-corrected chi connectivity index (χ0v) is 20.4. The van der Waals surface area contributed by atoms with Crippen LogP contribution in [-0.2, 0) is 4.74 Å². The Balaban J connectivity index is 1.41. The fraction of sp³-hybridized carbons (Fsp3) is 0.500. The Bertz CT molecular complexity index is 1310. The van der Waals surface area contributed by atoms with Gasteiger partial charge < -0.3 is 25.3 Å². The van der Waals surface area contributed by atoms with Crippen LogP contribution in [0.2, 0.25) is 0 Å². The van der Waals surface area contributed by atoms with E-state index in [0.29, 0.717) is 41.6 Å². The molecule has 3 N–H and O–H groups in total. The zero-order chi connectivity index (χ0) is 25.2. The molecule has 11 nitrogen and oxygen atoms in total. The quantitative estimate of drug-likeness (QED) is 0.409. The predicted octanol–water partition coefficient (Wildman–Crippen LogP) is 1.80. The van der Waals surface area contributed by atoms with Gasteiger partial charge in [0.1, 0.15) is 29.6 Å². The highest BCUT2D eigenvalue weighted by Crippen LogP contribution is 2.25. The molecule has 0 spiro atoms. The molecule has 0 radical (unpaired) electrons. The van der Waals surface area contributed by atoms with Gasteiger partial charge in [0.2, 0.25) is 0 Å². The minimum absolute atomic E-state index is 0.0121. The van der Waals surface area contributed by atoms with E-state index < -0.39 is 6.67 Å². The molecular weight excluding hydrogens is 467 g/mol. The number of nitrogens with one attached hydrogen (secondary N) is 3. The standard InChI is InChI=1S/C24H31FN8O3/c1-26-21-12-20(28-18-4-3-9-32(24(18)35)15-7-10-31(14-15)11-8-25)30-22-16(13-27-33(21)22)23(34)29-17-5-6-19(17)36-2/h3-4,9,12-13,15,17,19,26H,5-8,10-11,14H2,1-2H3,(H,28,30)(H,29,34)/t15-,17-,19-/m0/s1. The average molecular weight is 499 g/mol.